The summed E-state index contributed by atoms with van der Waals surface area (Å²) in [5.41, 5.74) is 0.830. The third kappa shape index (κ3) is 5.41. The fourth-order valence-corrected chi connectivity index (χ4v) is 3.02. The predicted molar refractivity (Wildman–Crippen MR) is 90.6 cm³/mol. The Labute approximate surface area is 136 Å². The van der Waals surface area contributed by atoms with E-state index in [9.17, 15) is 8.42 Å². The lowest BCUT2D eigenvalue weighted by Gasteiger charge is -2.08. The maximum atomic E-state index is 11.8. The molecule has 0 atom stereocenters. The summed E-state index contributed by atoms with van der Waals surface area (Å²) in [6.07, 6.45) is 1.43. The fraction of sp³-hybridized carbons (Fsp3) is 0.333. The molecule has 0 aliphatic carbocycles. The highest BCUT2D eigenvalue weighted by Gasteiger charge is 2.10. The summed E-state index contributed by atoms with van der Waals surface area (Å²) in [6, 6.07) is 10.6. The van der Waals surface area contributed by atoms with Crippen LogP contribution in [0.3, 0.4) is 0 Å². The molecule has 8 heteroatoms. The minimum atomic E-state index is -3.36. The molecule has 0 saturated heterocycles. The quantitative estimate of drug-likeness (QED) is 0.770. The zero-order chi connectivity index (χ0) is 16.7. The van der Waals surface area contributed by atoms with E-state index in [0.29, 0.717) is 12.2 Å². The lowest BCUT2D eigenvalue weighted by molar-refractivity contribution is 0.415. The summed E-state index contributed by atoms with van der Waals surface area (Å²) in [7, 11) is -1.76. The molecule has 0 fully saturated rings. The smallest absolute Gasteiger partial charge is 0.233 e. The van der Waals surface area contributed by atoms with Crippen molar-refractivity contribution in [3.05, 3.63) is 36.4 Å². The number of ether oxygens (including phenoxy) is 1. The largest absolute Gasteiger partial charge is 0.497 e. The van der Waals surface area contributed by atoms with Crippen LogP contribution in [0.25, 0.3) is 0 Å². The Balaban J connectivity index is 1.98. The van der Waals surface area contributed by atoms with E-state index in [2.05, 4.69) is 20.2 Å². The second-order valence-corrected chi connectivity index (χ2v) is 6.77. The molecule has 7 nitrogen and oxygen atoms in total. The molecule has 0 bridgehead atoms. The second kappa shape index (κ2) is 7.77. The topological polar surface area (TPSA) is 93.2 Å². The average Bonchev–Trinajstić information content (AvgIpc) is 2.55. The Morgan fingerprint density at radius 1 is 1.04 bits per heavy atom. The first-order chi connectivity index (χ1) is 11.0. The molecule has 0 spiro atoms. The molecule has 124 valence electrons. The van der Waals surface area contributed by atoms with Crippen LogP contribution in [-0.4, -0.2) is 31.5 Å². The number of hydrogen-bond acceptors (Lipinski definition) is 6. The van der Waals surface area contributed by atoms with E-state index in [0.717, 1.165) is 17.9 Å². The van der Waals surface area contributed by atoms with Crippen LogP contribution in [0.1, 0.15) is 19.8 Å². The molecular formula is C15H20N4O3S. The standard InChI is InChI=1S/C15H20N4O3S/c1-3-4-11-23(20,21)19-15-10-9-14(17-18-15)16-12-5-7-13(22-2)8-6-12/h5-10H,3-4,11H2,1-2H3,(H,16,17)(H,18,19). The Morgan fingerprint density at radius 3 is 2.26 bits per heavy atom. The van der Waals surface area contributed by atoms with Gasteiger partial charge < -0.3 is 10.1 Å². The number of unbranched alkanes of at least 4 members (excludes halogenated alkanes) is 1. The molecule has 0 radical (unpaired) electrons. The molecule has 0 amide bonds. The zero-order valence-corrected chi connectivity index (χ0v) is 13.9. The summed E-state index contributed by atoms with van der Waals surface area (Å²) >= 11 is 0. The maximum Gasteiger partial charge on any atom is 0.233 e. The predicted octanol–water partition coefficient (Wildman–Crippen LogP) is 2.77. The van der Waals surface area contributed by atoms with Crippen molar-refractivity contribution in [3.8, 4) is 5.75 Å². The van der Waals surface area contributed by atoms with Crippen LogP contribution in [-0.2, 0) is 10.0 Å². The van der Waals surface area contributed by atoms with Crippen LogP contribution in [0.15, 0.2) is 36.4 Å². The first kappa shape index (κ1) is 17.0. The van der Waals surface area contributed by atoms with E-state index in [4.69, 9.17) is 4.74 Å². The van der Waals surface area contributed by atoms with Gasteiger partial charge in [0, 0.05) is 5.69 Å². The van der Waals surface area contributed by atoms with Crippen molar-refractivity contribution in [1.82, 2.24) is 10.2 Å². The van der Waals surface area contributed by atoms with Gasteiger partial charge in [0.15, 0.2) is 11.6 Å². The van der Waals surface area contributed by atoms with Crippen LogP contribution in [0, 0.1) is 0 Å². The number of nitrogens with one attached hydrogen (secondary N) is 2. The van der Waals surface area contributed by atoms with Crippen molar-refractivity contribution in [3.63, 3.8) is 0 Å². The van der Waals surface area contributed by atoms with Gasteiger partial charge in [-0.1, -0.05) is 13.3 Å². The van der Waals surface area contributed by atoms with Crippen molar-refractivity contribution in [2.75, 3.05) is 22.9 Å². The van der Waals surface area contributed by atoms with Gasteiger partial charge in [0.1, 0.15) is 5.75 Å². The monoisotopic (exact) mass is 336 g/mol. The van der Waals surface area contributed by atoms with Gasteiger partial charge in [-0.05, 0) is 42.8 Å². The molecule has 0 aliphatic rings. The van der Waals surface area contributed by atoms with Gasteiger partial charge in [0.25, 0.3) is 0 Å². The van der Waals surface area contributed by atoms with Crippen LogP contribution in [0.2, 0.25) is 0 Å². The lowest BCUT2D eigenvalue weighted by Crippen LogP contribution is -2.17. The number of aromatic nitrogens is 2. The van der Waals surface area contributed by atoms with E-state index in [1.807, 2.05) is 31.2 Å². The van der Waals surface area contributed by atoms with Gasteiger partial charge >= 0.3 is 0 Å². The number of benzene rings is 1. The van der Waals surface area contributed by atoms with E-state index < -0.39 is 10.0 Å². The number of sulfonamides is 1. The normalized spacial score (nSPS) is 11.0. The number of anilines is 3. The van der Waals surface area contributed by atoms with Crippen molar-refractivity contribution in [2.45, 2.75) is 19.8 Å². The molecule has 1 aromatic carbocycles. The summed E-state index contributed by atoms with van der Waals surface area (Å²) in [4.78, 5) is 0. The Kier molecular flexibility index (Phi) is 5.75. The number of methoxy groups -OCH3 is 1. The van der Waals surface area contributed by atoms with Gasteiger partial charge in [-0.15, -0.1) is 10.2 Å². The minimum Gasteiger partial charge on any atom is -0.497 e. The Bertz CT molecular complexity index is 715. The summed E-state index contributed by atoms with van der Waals surface area (Å²) < 4.78 is 31.1. The van der Waals surface area contributed by atoms with Crippen molar-refractivity contribution >= 4 is 27.3 Å². The van der Waals surface area contributed by atoms with E-state index in [-0.39, 0.29) is 11.6 Å². The van der Waals surface area contributed by atoms with Crippen LogP contribution < -0.4 is 14.8 Å². The summed E-state index contributed by atoms with van der Waals surface area (Å²) in [5.74, 6) is 1.57. The van der Waals surface area contributed by atoms with Crippen LogP contribution >= 0.6 is 0 Å². The molecule has 23 heavy (non-hydrogen) atoms. The number of hydrogen-bond donors (Lipinski definition) is 2. The van der Waals surface area contributed by atoms with E-state index in [1.54, 1.807) is 19.2 Å². The SMILES string of the molecule is CCCCS(=O)(=O)Nc1ccc(Nc2ccc(OC)cc2)nn1. The van der Waals surface area contributed by atoms with Crippen LogP contribution in [0.5, 0.6) is 5.75 Å². The summed E-state index contributed by atoms with van der Waals surface area (Å²) in [6.45, 7) is 1.94. The molecule has 1 aromatic heterocycles. The van der Waals surface area contributed by atoms with Gasteiger partial charge in [-0.3, -0.25) is 4.72 Å². The maximum absolute atomic E-state index is 11.8. The summed E-state index contributed by atoms with van der Waals surface area (Å²) in [5, 5.41) is 10.9. The Hall–Kier alpha value is -2.35. The van der Waals surface area contributed by atoms with Gasteiger partial charge in [-0.2, -0.15) is 0 Å². The van der Waals surface area contributed by atoms with Crippen molar-refractivity contribution in [2.24, 2.45) is 0 Å². The zero-order valence-electron chi connectivity index (χ0n) is 13.1. The molecule has 2 aromatic rings. The van der Waals surface area contributed by atoms with Gasteiger partial charge in [-0.25, -0.2) is 8.42 Å². The van der Waals surface area contributed by atoms with E-state index >= 15 is 0 Å². The third-order valence-electron chi connectivity index (χ3n) is 3.05. The van der Waals surface area contributed by atoms with Gasteiger partial charge in [0.05, 0.1) is 12.9 Å². The highest BCUT2D eigenvalue weighted by Crippen LogP contribution is 2.19. The van der Waals surface area contributed by atoms with E-state index in [1.165, 1.54) is 0 Å². The molecule has 2 N–H and O–H groups in total. The number of nitrogens with zero attached hydrogens (tertiary/aromatic N) is 2. The number of rotatable bonds is 8. The molecule has 1 heterocycles. The Morgan fingerprint density at radius 2 is 1.70 bits per heavy atom. The average molecular weight is 336 g/mol. The highest BCUT2D eigenvalue weighted by molar-refractivity contribution is 7.92. The van der Waals surface area contributed by atoms with Crippen molar-refractivity contribution in [1.29, 1.82) is 0 Å². The van der Waals surface area contributed by atoms with Crippen LogP contribution in [0.4, 0.5) is 17.3 Å². The highest BCUT2D eigenvalue weighted by atomic mass is 32.2. The van der Waals surface area contributed by atoms with Crippen molar-refractivity contribution < 1.29 is 13.2 Å². The fourth-order valence-electron chi connectivity index (χ4n) is 1.82. The minimum absolute atomic E-state index is 0.0804. The first-order valence-corrected chi connectivity index (χ1v) is 8.93. The lowest BCUT2D eigenvalue weighted by atomic mass is 10.3. The molecule has 2 rings (SSSR count). The third-order valence-corrected chi connectivity index (χ3v) is 4.40. The molecule has 0 aliphatic heterocycles. The molecular weight excluding hydrogens is 316 g/mol. The molecule has 0 saturated carbocycles. The second-order valence-electron chi connectivity index (χ2n) is 4.93. The molecule has 0 unspecified atom stereocenters. The van der Waals surface area contributed by atoms with Gasteiger partial charge in [0.2, 0.25) is 10.0 Å². The first-order valence-electron chi connectivity index (χ1n) is 7.27.